The van der Waals surface area contributed by atoms with Crippen LogP contribution in [0.5, 0.6) is 5.75 Å². The Hall–Kier alpha value is -3.39. The van der Waals surface area contributed by atoms with Gasteiger partial charge in [0.25, 0.3) is 0 Å². The average Bonchev–Trinajstić information content (AvgIpc) is 3.24. The van der Waals surface area contributed by atoms with Crippen LogP contribution in [0.25, 0.3) is 0 Å². The molecule has 202 valence electrons. The van der Waals surface area contributed by atoms with Gasteiger partial charge >= 0.3 is 0 Å². The van der Waals surface area contributed by atoms with Gasteiger partial charge in [0.05, 0.1) is 18.0 Å². The molecule has 0 unspecified atom stereocenters. The molecule has 0 spiro atoms. The molecule has 1 atom stereocenters. The smallest absolute Gasteiger partial charge is 0.244 e. The lowest BCUT2D eigenvalue weighted by Gasteiger charge is -2.36. The molecule has 2 aliphatic heterocycles. The summed E-state index contributed by atoms with van der Waals surface area (Å²) in [5.74, 6) is 1.17. The quantitative estimate of drug-likeness (QED) is 0.445. The summed E-state index contributed by atoms with van der Waals surface area (Å²) in [6.07, 6.45) is 2.06. The minimum atomic E-state index is -0.153. The molecular weight excluding hydrogens is 481 g/mol. The summed E-state index contributed by atoms with van der Waals surface area (Å²) < 4.78 is 22.1. The number of para-hydroxylation sites is 1. The molecule has 1 amide bonds. The average molecular weight is 520 g/mol. The first-order chi connectivity index (χ1) is 18.4. The summed E-state index contributed by atoms with van der Waals surface area (Å²) in [6.45, 7) is 10.6. The number of likely N-dealkylation sites (tertiary alicyclic amines) is 1. The highest BCUT2D eigenvalue weighted by atomic mass is 19.1. The van der Waals surface area contributed by atoms with Gasteiger partial charge in [-0.2, -0.15) is 5.10 Å². The van der Waals surface area contributed by atoms with E-state index in [0.29, 0.717) is 24.8 Å². The number of ether oxygens (including phenoxy) is 1. The third kappa shape index (κ3) is 6.54. The number of halogens is 1. The van der Waals surface area contributed by atoms with Crippen molar-refractivity contribution >= 4 is 11.6 Å². The molecule has 7 nitrogen and oxygen atoms in total. The van der Waals surface area contributed by atoms with Crippen LogP contribution in [0.3, 0.4) is 0 Å². The molecule has 3 heterocycles. The van der Waals surface area contributed by atoms with E-state index in [0.717, 1.165) is 75.8 Å². The van der Waals surface area contributed by atoms with Gasteiger partial charge in [0.1, 0.15) is 18.1 Å². The Bertz CT molecular complexity index is 1240. The molecule has 2 aliphatic rings. The van der Waals surface area contributed by atoms with Crippen molar-refractivity contribution in [1.29, 1.82) is 0 Å². The fourth-order valence-electron chi connectivity index (χ4n) is 5.55. The van der Waals surface area contributed by atoms with Crippen LogP contribution in [0.1, 0.15) is 29.8 Å². The Morgan fingerprint density at radius 1 is 1.03 bits per heavy atom. The number of rotatable bonds is 8. The summed E-state index contributed by atoms with van der Waals surface area (Å²) in [6, 6.07) is 17.3. The normalized spacial score (nSPS) is 18.6. The third-order valence-electron chi connectivity index (χ3n) is 7.62. The number of carbonyl (C=O) groups is 1. The molecular formula is C30H38FN5O2. The van der Waals surface area contributed by atoms with Crippen molar-refractivity contribution in [2.24, 2.45) is 5.92 Å². The van der Waals surface area contributed by atoms with Crippen molar-refractivity contribution in [3.05, 3.63) is 77.4 Å². The lowest BCUT2D eigenvalue weighted by molar-refractivity contribution is -0.134. The standard InChI is InChI=1S/C30H38FN5O2/c1-23-17-24(2)36(32-23)21-30(37)35-12-6-8-26(20-35)22-38-27-9-5-7-25(18-27)19-33-13-15-34(16-14-33)29-11-4-3-10-28(29)31/h3-5,7,9-11,17-18,26H,6,8,12-16,19-22H2,1-2H3/t26-/m0/s1. The van der Waals surface area contributed by atoms with Crippen molar-refractivity contribution in [2.75, 3.05) is 50.8 Å². The van der Waals surface area contributed by atoms with Crippen LogP contribution < -0.4 is 9.64 Å². The van der Waals surface area contributed by atoms with E-state index in [-0.39, 0.29) is 11.7 Å². The van der Waals surface area contributed by atoms with Crippen molar-refractivity contribution < 1.29 is 13.9 Å². The van der Waals surface area contributed by atoms with Crippen LogP contribution in [0.15, 0.2) is 54.6 Å². The van der Waals surface area contributed by atoms with Crippen LogP contribution in [0.2, 0.25) is 0 Å². The second-order valence-electron chi connectivity index (χ2n) is 10.6. The molecule has 38 heavy (non-hydrogen) atoms. The summed E-state index contributed by atoms with van der Waals surface area (Å²) in [5.41, 5.74) is 3.86. The zero-order valence-electron chi connectivity index (χ0n) is 22.5. The van der Waals surface area contributed by atoms with Crippen molar-refractivity contribution in [2.45, 2.75) is 39.8 Å². The molecule has 5 rings (SSSR count). The molecule has 2 aromatic carbocycles. The summed E-state index contributed by atoms with van der Waals surface area (Å²) in [5, 5.41) is 4.43. The maximum Gasteiger partial charge on any atom is 0.244 e. The fraction of sp³-hybridized carbons (Fsp3) is 0.467. The van der Waals surface area contributed by atoms with Gasteiger partial charge in [-0.25, -0.2) is 4.39 Å². The van der Waals surface area contributed by atoms with Crippen LogP contribution >= 0.6 is 0 Å². The Labute approximate surface area is 224 Å². The number of anilines is 1. The summed E-state index contributed by atoms with van der Waals surface area (Å²) in [4.78, 5) is 19.4. The van der Waals surface area contributed by atoms with E-state index in [1.807, 2.05) is 49.1 Å². The first kappa shape index (κ1) is 26.2. The van der Waals surface area contributed by atoms with Gasteiger partial charge in [-0.05, 0) is 62.6 Å². The monoisotopic (exact) mass is 519 g/mol. The molecule has 0 bridgehead atoms. The molecule has 0 radical (unpaired) electrons. The lowest BCUT2D eigenvalue weighted by atomic mass is 9.99. The number of hydrogen-bond acceptors (Lipinski definition) is 5. The van der Waals surface area contributed by atoms with Gasteiger partial charge in [0, 0.05) is 57.4 Å². The Kier molecular flexibility index (Phi) is 8.27. The number of hydrogen-bond donors (Lipinski definition) is 0. The SMILES string of the molecule is Cc1cc(C)n(CC(=O)N2CCC[C@H](COc3cccc(CN4CCN(c5ccccc5F)CC4)c3)C2)n1. The third-order valence-corrected chi connectivity index (χ3v) is 7.62. The fourth-order valence-corrected chi connectivity index (χ4v) is 5.55. The number of aromatic nitrogens is 2. The van der Waals surface area contributed by atoms with Gasteiger partial charge in [-0.1, -0.05) is 24.3 Å². The van der Waals surface area contributed by atoms with Gasteiger partial charge in [-0.15, -0.1) is 0 Å². The number of carbonyl (C=O) groups excluding carboxylic acids is 1. The minimum absolute atomic E-state index is 0.123. The number of amides is 1. The Morgan fingerprint density at radius 2 is 1.84 bits per heavy atom. The minimum Gasteiger partial charge on any atom is -0.493 e. The van der Waals surface area contributed by atoms with E-state index in [9.17, 15) is 9.18 Å². The van der Waals surface area contributed by atoms with Gasteiger partial charge in [-0.3, -0.25) is 14.4 Å². The zero-order valence-corrected chi connectivity index (χ0v) is 22.5. The first-order valence-corrected chi connectivity index (χ1v) is 13.7. The van der Waals surface area contributed by atoms with Crippen LogP contribution in [-0.4, -0.2) is 71.4 Å². The van der Waals surface area contributed by atoms with Crippen LogP contribution in [0.4, 0.5) is 10.1 Å². The van der Waals surface area contributed by atoms with E-state index >= 15 is 0 Å². The first-order valence-electron chi connectivity index (χ1n) is 13.7. The molecule has 2 saturated heterocycles. The largest absolute Gasteiger partial charge is 0.493 e. The van der Waals surface area contributed by atoms with E-state index < -0.39 is 0 Å². The molecule has 8 heteroatoms. The summed E-state index contributed by atoms with van der Waals surface area (Å²) in [7, 11) is 0. The lowest BCUT2D eigenvalue weighted by Crippen LogP contribution is -2.46. The van der Waals surface area contributed by atoms with E-state index in [1.165, 1.54) is 11.6 Å². The molecule has 0 N–H and O–H groups in total. The molecule has 2 fully saturated rings. The molecule has 1 aromatic heterocycles. The number of aryl methyl sites for hydroxylation is 2. The second kappa shape index (κ2) is 12.0. The Balaban J connectivity index is 1.09. The van der Waals surface area contributed by atoms with Gasteiger partial charge < -0.3 is 14.5 Å². The number of nitrogens with zero attached hydrogens (tertiary/aromatic N) is 5. The molecule has 0 aliphatic carbocycles. The van der Waals surface area contributed by atoms with Crippen molar-refractivity contribution in [3.8, 4) is 5.75 Å². The van der Waals surface area contributed by atoms with Crippen molar-refractivity contribution in [3.63, 3.8) is 0 Å². The highest BCUT2D eigenvalue weighted by molar-refractivity contribution is 5.76. The predicted molar refractivity (Wildman–Crippen MR) is 147 cm³/mol. The maximum absolute atomic E-state index is 14.1. The van der Waals surface area contributed by atoms with E-state index in [1.54, 1.807) is 10.7 Å². The zero-order chi connectivity index (χ0) is 26.5. The van der Waals surface area contributed by atoms with Crippen LogP contribution in [-0.2, 0) is 17.9 Å². The van der Waals surface area contributed by atoms with Gasteiger partial charge in [0.15, 0.2) is 0 Å². The van der Waals surface area contributed by atoms with E-state index in [2.05, 4.69) is 27.0 Å². The summed E-state index contributed by atoms with van der Waals surface area (Å²) >= 11 is 0. The maximum atomic E-state index is 14.1. The number of benzene rings is 2. The highest BCUT2D eigenvalue weighted by Gasteiger charge is 2.25. The predicted octanol–water partition coefficient (Wildman–Crippen LogP) is 4.28. The van der Waals surface area contributed by atoms with E-state index in [4.69, 9.17) is 4.74 Å². The van der Waals surface area contributed by atoms with Crippen molar-refractivity contribution in [1.82, 2.24) is 19.6 Å². The second-order valence-corrected chi connectivity index (χ2v) is 10.6. The van der Waals surface area contributed by atoms with Gasteiger partial charge in [0.2, 0.25) is 5.91 Å². The highest BCUT2D eigenvalue weighted by Crippen LogP contribution is 2.23. The molecule has 0 saturated carbocycles. The number of piperazine rings is 1. The van der Waals surface area contributed by atoms with Crippen LogP contribution in [0, 0.1) is 25.6 Å². The number of piperidine rings is 1. The Morgan fingerprint density at radius 3 is 2.61 bits per heavy atom. The topological polar surface area (TPSA) is 53.8 Å². The molecule has 3 aromatic rings.